The number of H-pyrrole nitrogens is 1. The number of fused-ring (bicyclic) bond motifs is 1. The lowest BCUT2D eigenvalue weighted by atomic mass is 10.1. The molecule has 0 spiro atoms. The van der Waals surface area contributed by atoms with Gasteiger partial charge in [-0.1, -0.05) is 36.4 Å². The largest absolute Gasteiger partial charge is 0.361 e. The first-order valence-electron chi connectivity index (χ1n) is 7.37. The lowest BCUT2D eigenvalue weighted by molar-refractivity contribution is -0.136. The van der Waals surface area contributed by atoms with Gasteiger partial charge in [-0.05, 0) is 36.1 Å². The summed E-state index contributed by atoms with van der Waals surface area (Å²) in [6.45, 7) is 1.84. The van der Waals surface area contributed by atoms with Gasteiger partial charge in [0.15, 0.2) is 0 Å². The lowest BCUT2D eigenvalue weighted by Crippen LogP contribution is -2.36. The molecule has 0 aliphatic heterocycles. The van der Waals surface area contributed by atoms with Crippen LogP contribution in [-0.2, 0) is 9.59 Å². The fourth-order valence-electron chi connectivity index (χ4n) is 2.40. The summed E-state index contributed by atoms with van der Waals surface area (Å²) in [5.41, 5.74) is 2.43. The van der Waals surface area contributed by atoms with Crippen molar-refractivity contribution >= 4 is 28.4 Å². The molecule has 5 nitrogen and oxygen atoms in total. The minimum Gasteiger partial charge on any atom is -0.361 e. The number of amides is 2. The summed E-state index contributed by atoms with van der Waals surface area (Å²) >= 11 is 0. The van der Waals surface area contributed by atoms with Gasteiger partial charge in [-0.15, -0.1) is 0 Å². The molecule has 0 aliphatic rings. The molecule has 23 heavy (non-hydrogen) atoms. The van der Waals surface area contributed by atoms with Gasteiger partial charge in [-0.2, -0.15) is 0 Å². The monoisotopic (exact) mass is 307 g/mol. The van der Waals surface area contributed by atoms with E-state index < -0.39 is 11.8 Å². The third-order valence-electron chi connectivity index (χ3n) is 3.67. The Hall–Kier alpha value is -3.08. The number of carbonyl (C=O) groups is 2. The Balaban J connectivity index is 1.64. The molecule has 1 aromatic heterocycles. The first-order chi connectivity index (χ1) is 11.1. The van der Waals surface area contributed by atoms with Gasteiger partial charge < -0.3 is 15.6 Å². The van der Waals surface area contributed by atoms with Crippen molar-refractivity contribution in [2.24, 2.45) is 0 Å². The molecule has 1 heterocycles. The van der Waals surface area contributed by atoms with E-state index in [0.717, 1.165) is 16.5 Å². The zero-order valence-electron chi connectivity index (χ0n) is 12.7. The van der Waals surface area contributed by atoms with Crippen molar-refractivity contribution in [3.8, 4) is 0 Å². The molecule has 3 N–H and O–H groups in total. The SMILES string of the molecule is CC(NC(=O)C(=O)Nc1ccc2cc[nH]c2c1)c1ccccc1. The Bertz CT molecular complexity index is 840. The second-order valence-corrected chi connectivity index (χ2v) is 5.34. The number of nitrogens with one attached hydrogen (secondary N) is 3. The van der Waals surface area contributed by atoms with Crippen molar-refractivity contribution in [1.29, 1.82) is 0 Å². The van der Waals surface area contributed by atoms with Gasteiger partial charge in [0.25, 0.3) is 0 Å². The van der Waals surface area contributed by atoms with Crippen molar-refractivity contribution < 1.29 is 9.59 Å². The molecule has 0 bridgehead atoms. The highest BCUT2D eigenvalue weighted by Crippen LogP contribution is 2.17. The van der Waals surface area contributed by atoms with Gasteiger partial charge in [0.1, 0.15) is 0 Å². The second kappa shape index (κ2) is 6.36. The van der Waals surface area contributed by atoms with E-state index in [1.54, 1.807) is 12.1 Å². The van der Waals surface area contributed by atoms with Crippen LogP contribution < -0.4 is 10.6 Å². The molecule has 1 atom stereocenters. The van der Waals surface area contributed by atoms with E-state index in [2.05, 4.69) is 15.6 Å². The summed E-state index contributed by atoms with van der Waals surface area (Å²) in [6.07, 6.45) is 1.82. The summed E-state index contributed by atoms with van der Waals surface area (Å²) in [4.78, 5) is 27.1. The second-order valence-electron chi connectivity index (χ2n) is 5.34. The molecule has 0 aliphatic carbocycles. The molecule has 3 aromatic rings. The molecule has 3 rings (SSSR count). The van der Waals surface area contributed by atoms with E-state index in [-0.39, 0.29) is 6.04 Å². The summed E-state index contributed by atoms with van der Waals surface area (Å²) in [5.74, 6) is -1.34. The third-order valence-corrected chi connectivity index (χ3v) is 3.67. The van der Waals surface area contributed by atoms with Crippen LogP contribution in [0.1, 0.15) is 18.5 Å². The predicted octanol–water partition coefficient (Wildman–Crippen LogP) is 2.98. The zero-order valence-corrected chi connectivity index (χ0v) is 12.7. The van der Waals surface area contributed by atoms with E-state index >= 15 is 0 Å². The van der Waals surface area contributed by atoms with Gasteiger partial charge >= 0.3 is 11.8 Å². The molecule has 0 radical (unpaired) electrons. The number of rotatable bonds is 3. The number of benzene rings is 2. The normalized spacial score (nSPS) is 11.9. The first kappa shape index (κ1) is 14.8. The van der Waals surface area contributed by atoms with Crippen molar-refractivity contribution in [3.05, 3.63) is 66.4 Å². The standard InChI is InChI=1S/C18H17N3O2/c1-12(13-5-3-2-4-6-13)20-17(22)18(23)21-15-8-7-14-9-10-19-16(14)11-15/h2-12,19H,1H3,(H,20,22)(H,21,23). The van der Waals surface area contributed by atoms with Crippen LogP contribution in [0.25, 0.3) is 10.9 Å². The topological polar surface area (TPSA) is 74.0 Å². The van der Waals surface area contributed by atoms with Gasteiger partial charge in [0, 0.05) is 17.4 Å². The fourth-order valence-corrected chi connectivity index (χ4v) is 2.40. The lowest BCUT2D eigenvalue weighted by Gasteiger charge is -2.14. The van der Waals surface area contributed by atoms with E-state index in [0.29, 0.717) is 5.69 Å². The molecule has 2 aromatic carbocycles. The minimum atomic E-state index is -0.682. The Morgan fingerprint density at radius 3 is 2.57 bits per heavy atom. The Labute approximate surface area is 133 Å². The van der Waals surface area contributed by atoms with Crippen molar-refractivity contribution in [2.45, 2.75) is 13.0 Å². The Morgan fingerprint density at radius 1 is 1.00 bits per heavy atom. The van der Waals surface area contributed by atoms with Crippen LogP contribution in [0.3, 0.4) is 0 Å². The van der Waals surface area contributed by atoms with Gasteiger partial charge in [-0.25, -0.2) is 0 Å². The third kappa shape index (κ3) is 3.40. The molecular weight excluding hydrogens is 290 g/mol. The van der Waals surface area contributed by atoms with E-state index in [1.165, 1.54) is 0 Å². The van der Waals surface area contributed by atoms with Crippen LogP contribution in [0.15, 0.2) is 60.8 Å². The molecule has 5 heteroatoms. The van der Waals surface area contributed by atoms with Crippen molar-refractivity contribution in [2.75, 3.05) is 5.32 Å². The van der Waals surface area contributed by atoms with Crippen LogP contribution in [0, 0.1) is 0 Å². The summed E-state index contributed by atoms with van der Waals surface area (Å²) in [7, 11) is 0. The highest BCUT2D eigenvalue weighted by Gasteiger charge is 2.17. The first-order valence-corrected chi connectivity index (χ1v) is 7.37. The maximum absolute atomic E-state index is 12.0. The quantitative estimate of drug-likeness (QED) is 0.651. The van der Waals surface area contributed by atoms with E-state index in [1.807, 2.05) is 55.6 Å². The Kier molecular flexibility index (Phi) is 4.10. The number of hydrogen-bond donors (Lipinski definition) is 3. The molecule has 116 valence electrons. The average molecular weight is 307 g/mol. The van der Waals surface area contributed by atoms with Crippen LogP contribution >= 0.6 is 0 Å². The molecule has 0 saturated carbocycles. The van der Waals surface area contributed by atoms with Gasteiger partial charge in [0.2, 0.25) is 0 Å². The average Bonchev–Trinajstić information content (AvgIpc) is 3.03. The highest BCUT2D eigenvalue weighted by atomic mass is 16.2. The summed E-state index contributed by atoms with van der Waals surface area (Å²) in [6, 6.07) is 16.6. The molecule has 0 fully saturated rings. The number of aromatic nitrogens is 1. The number of carbonyl (C=O) groups excluding carboxylic acids is 2. The van der Waals surface area contributed by atoms with Crippen molar-refractivity contribution in [3.63, 3.8) is 0 Å². The van der Waals surface area contributed by atoms with Crippen LogP contribution in [0.2, 0.25) is 0 Å². The van der Waals surface area contributed by atoms with Crippen LogP contribution in [0.5, 0.6) is 0 Å². The summed E-state index contributed by atoms with van der Waals surface area (Å²) in [5, 5.41) is 6.35. The number of hydrogen-bond acceptors (Lipinski definition) is 2. The van der Waals surface area contributed by atoms with E-state index in [9.17, 15) is 9.59 Å². The minimum absolute atomic E-state index is 0.236. The number of aromatic amines is 1. The van der Waals surface area contributed by atoms with Crippen molar-refractivity contribution in [1.82, 2.24) is 10.3 Å². The maximum atomic E-state index is 12.0. The van der Waals surface area contributed by atoms with E-state index in [4.69, 9.17) is 0 Å². The summed E-state index contributed by atoms with van der Waals surface area (Å²) < 4.78 is 0. The molecule has 1 unspecified atom stereocenters. The molecule has 2 amide bonds. The Morgan fingerprint density at radius 2 is 1.78 bits per heavy atom. The highest BCUT2D eigenvalue weighted by molar-refractivity contribution is 6.39. The smallest absolute Gasteiger partial charge is 0.313 e. The fraction of sp³-hybridized carbons (Fsp3) is 0.111. The zero-order chi connectivity index (χ0) is 16.2. The molecular formula is C18H17N3O2. The van der Waals surface area contributed by atoms with Crippen LogP contribution in [0.4, 0.5) is 5.69 Å². The predicted molar refractivity (Wildman–Crippen MR) is 89.9 cm³/mol. The van der Waals surface area contributed by atoms with Gasteiger partial charge in [-0.3, -0.25) is 9.59 Å². The number of anilines is 1. The molecule has 0 saturated heterocycles. The van der Waals surface area contributed by atoms with Crippen LogP contribution in [-0.4, -0.2) is 16.8 Å². The van der Waals surface area contributed by atoms with Gasteiger partial charge in [0.05, 0.1) is 6.04 Å². The maximum Gasteiger partial charge on any atom is 0.313 e.